The molecule has 4 aromatic rings. The Balaban J connectivity index is 1.42. The van der Waals surface area contributed by atoms with Gasteiger partial charge in [-0.3, -0.25) is 19.5 Å². The number of nitrogens with one attached hydrogen (secondary N) is 1. The predicted molar refractivity (Wildman–Crippen MR) is 150 cm³/mol. The van der Waals surface area contributed by atoms with Gasteiger partial charge in [-0.1, -0.05) is 29.8 Å². The summed E-state index contributed by atoms with van der Waals surface area (Å²) >= 11 is 6.06. The molecule has 5 rings (SSSR count). The Kier molecular flexibility index (Phi) is 8.42. The maximum atomic E-state index is 13.5. The van der Waals surface area contributed by atoms with Gasteiger partial charge >= 0.3 is 0 Å². The zero-order chi connectivity index (χ0) is 28.1. The molecule has 1 aliphatic heterocycles. The highest BCUT2D eigenvalue weighted by molar-refractivity contribution is 6.30. The Morgan fingerprint density at radius 1 is 1.15 bits per heavy atom. The molecule has 1 aliphatic rings. The van der Waals surface area contributed by atoms with E-state index in [1.54, 1.807) is 30.0 Å². The molecular formula is C30H28ClFN4O4. The molecule has 0 spiro atoms. The number of carbonyl (C=O) groups excluding carboxylic acids is 2. The van der Waals surface area contributed by atoms with Gasteiger partial charge in [-0.2, -0.15) is 0 Å². The van der Waals surface area contributed by atoms with Crippen molar-refractivity contribution >= 4 is 29.4 Å². The van der Waals surface area contributed by atoms with Gasteiger partial charge in [-0.05, 0) is 61.4 Å². The monoisotopic (exact) mass is 562 g/mol. The summed E-state index contributed by atoms with van der Waals surface area (Å²) in [5.74, 6) is -0.353. The number of methoxy groups -OCH3 is 1. The number of hydrogen-bond donors (Lipinski definition) is 1. The van der Waals surface area contributed by atoms with Crippen molar-refractivity contribution < 1.29 is 23.5 Å². The molecule has 3 aromatic carbocycles. The standard InChI is InChI=1S/C30H28ClFN4O4/c1-39-25-5-2-4-24(16-25)36-18-27(20-7-11-22(31)12-8-20)33-30(36)34-28(37)19-35(17-26-6-3-15-40-26)29(38)21-9-13-23(32)14-10-21/h2,4-5,7-14,16,18,26H,3,6,15,17,19H2,1H3,(H,33,34,37)/t26-/m0/s1. The Morgan fingerprint density at radius 2 is 1.93 bits per heavy atom. The number of aromatic nitrogens is 2. The topological polar surface area (TPSA) is 85.7 Å². The van der Waals surface area contributed by atoms with Gasteiger partial charge in [0, 0.05) is 41.6 Å². The number of carbonyl (C=O) groups is 2. The second-order valence-corrected chi connectivity index (χ2v) is 9.84. The number of benzene rings is 3. The van der Waals surface area contributed by atoms with Gasteiger partial charge in [0.15, 0.2) is 0 Å². The molecule has 0 saturated carbocycles. The molecule has 2 amide bonds. The minimum atomic E-state index is -0.444. The van der Waals surface area contributed by atoms with E-state index in [4.69, 9.17) is 21.1 Å². The predicted octanol–water partition coefficient (Wildman–Crippen LogP) is 5.60. The Hall–Kier alpha value is -4.21. The zero-order valence-electron chi connectivity index (χ0n) is 21.8. The number of halogens is 2. The smallest absolute Gasteiger partial charge is 0.254 e. The second-order valence-electron chi connectivity index (χ2n) is 9.40. The Morgan fingerprint density at radius 3 is 2.62 bits per heavy atom. The van der Waals surface area contributed by atoms with Crippen molar-refractivity contribution in [2.24, 2.45) is 0 Å². The molecule has 1 fully saturated rings. The molecule has 0 radical (unpaired) electrons. The van der Waals surface area contributed by atoms with Crippen LogP contribution in [0.15, 0.2) is 79.0 Å². The summed E-state index contributed by atoms with van der Waals surface area (Å²) in [5.41, 5.74) is 2.44. The van der Waals surface area contributed by atoms with Crippen LogP contribution in [0, 0.1) is 5.82 Å². The first-order chi connectivity index (χ1) is 19.4. The van der Waals surface area contributed by atoms with Crippen LogP contribution in [0.25, 0.3) is 16.9 Å². The van der Waals surface area contributed by atoms with Gasteiger partial charge in [0.05, 0.1) is 24.6 Å². The second kappa shape index (κ2) is 12.3. The van der Waals surface area contributed by atoms with Gasteiger partial charge in [-0.25, -0.2) is 9.37 Å². The molecule has 40 heavy (non-hydrogen) atoms. The summed E-state index contributed by atoms with van der Waals surface area (Å²) in [5, 5.41) is 3.47. The third-order valence-corrected chi connectivity index (χ3v) is 6.84. The van der Waals surface area contributed by atoms with E-state index in [-0.39, 0.29) is 36.6 Å². The summed E-state index contributed by atoms with van der Waals surface area (Å²) in [6.45, 7) is 0.613. The summed E-state index contributed by atoms with van der Waals surface area (Å²) < 4.78 is 26.3. The molecule has 10 heteroatoms. The number of hydrogen-bond acceptors (Lipinski definition) is 5. The third kappa shape index (κ3) is 6.50. The minimum absolute atomic E-state index is 0.174. The average molecular weight is 563 g/mol. The molecule has 2 heterocycles. The van der Waals surface area contributed by atoms with Gasteiger partial charge in [0.2, 0.25) is 11.9 Å². The number of rotatable bonds is 9. The van der Waals surface area contributed by atoms with Crippen molar-refractivity contribution in [2.75, 3.05) is 32.1 Å². The Labute approximate surface area is 236 Å². The molecule has 1 atom stereocenters. The lowest BCUT2D eigenvalue weighted by Gasteiger charge is -2.25. The molecule has 1 N–H and O–H groups in total. The highest BCUT2D eigenvalue weighted by atomic mass is 35.5. The number of amides is 2. The van der Waals surface area contributed by atoms with E-state index in [1.807, 2.05) is 36.4 Å². The van der Waals surface area contributed by atoms with Crippen LogP contribution in [-0.4, -0.2) is 59.2 Å². The van der Waals surface area contributed by atoms with Crippen LogP contribution in [0.1, 0.15) is 23.2 Å². The molecule has 206 valence electrons. The van der Waals surface area contributed by atoms with E-state index < -0.39 is 11.7 Å². The van der Waals surface area contributed by atoms with E-state index in [2.05, 4.69) is 10.3 Å². The fourth-order valence-corrected chi connectivity index (χ4v) is 4.68. The number of anilines is 1. The van der Waals surface area contributed by atoms with Gasteiger partial charge in [0.25, 0.3) is 5.91 Å². The fraction of sp³-hybridized carbons (Fsp3) is 0.233. The SMILES string of the molecule is COc1cccc(-n2cc(-c3ccc(Cl)cc3)nc2NC(=O)CN(C[C@@H]2CCCO2)C(=O)c2ccc(F)cc2)c1. The van der Waals surface area contributed by atoms with Crippen LogP contribution in [0.3, 0.4) is 0 Å². The number of imidazole rings is 1. The molecule has 0 bridgehead atoms. The Bertz CT molecular complexity index is 1480. The highest BCUT2D eigenvalue weighted by Gasteiger charge is 2.26. The summed E-state index contributed by atoms with van der Waals surface area (Å²) in [7, 11) is 1.58. The molecule has 8 nitrogen and oxygen atoms in total. The molecule has 0 unspecified atom stereocenters. The quantitative estimate of drug-likeness (QED) is 0.287. The summed E-state index contributed by atoms with van der Waals surface area (Å²) in [4.78, 5) is 32.8. The first kappa shape index (κ1) is 27.4. The lowest BCUT2D eigenvalue weighted by molar-refractivity contribution is -0.117. The highest BCUT2D eigenvalue weighted by Crippen LogP contribution is 2.27. The van der Waals surface area contributed by atoms with Crippen LogP contribution < -0.4 is 10.1 Å². The normalized spacial score (nSPS) is 14.6. The van der Waals surface area contributed by atoms with Crippen molar-refractivity contribution in [3.05, 3.63) is 95.4 Å². The first-order valence-electron chi connectivity index (χ1n) is 12.9. The van der Waals surface area contributed by atoms with Crippen LogP contribution in [0.2, 0.25) is 5.02 Å². The van der Waals surface area contributed by atoms with E-state index in [1.165, 1.54) is 29.2 Å². The third-order valence-electron chi connectivity index (χ3n) is 6.59. The van der Waals surface area contributed by atoms with Crippen LogP contribution in [-0.2, 0) is 9.53 Å². The van der Waals surface area contributed by atoms with Crippen LogP contribution in [0.5, 0.6) is 5.75 Å². The van der Waals surface area contributed by atoms with Gasteiger partial charge < -0.3 is 14.4 Å². The van der Waals surface area contributed by atoms with E-state index in [0.29, 0.717) is 23.1 Å². The van der Waals surface area contributed by atoms with Crippen molar-refractivity contribution in [1.29, 1.82) is 0 Å². The maximum Gasteiger partial charge on any atom is 0.254 e. The molecular weight excluding hydrogens is 535 g/mol. The minimum Gasteiger partial charge on any atom is -0.497 e. The van der Waals surface area contributed by atoms with Crippen molar-refractivity contribution in [3.8, 4) is 22.7 Å². The van der Waals surface area contributed by atoms with E-state index >= 15 is 0 Å². The fourth-order valence-electron chi connectivity index (χ4n) is 4.55. The lowest BCUT2D eigenvalue weighted by atomic mass is 10.1. The van der Waals surface area contributed by atoms with Crippen molar-refractivity contribution in [3.63, 3.8) is 0 Å². The first-order valence-corrected chi connectivity index (χ1v) is 13.2. The van der Waals surface area contributed by atoms with Crippen LogP contribution >= 0.6 is 11.6 Å². The van der Waals surface area contributed by atoms with Gasteiger partial charge in [-0.15, -0.1) is 0 Å². The number of ether oxygens (including phenoxy) is 2. The van der Waals surface area contributed by atoms with E-state index in [9.17, 15) is 14.0 Å². The zero-order valence-corrected chi connectivity index (χ0v) is 22.6. The van der Waals surface area contributed by atoms with Crippen molar-refractivity contribution in [2.45, 2.75) is 18.9 Å². The molecule has 0 aliphatic carbocycles. The van der Waals surface area contributed by atoms with Gasteiger partial charge in [0.1, 0.15) is 18.1 Å². The summed E-state index contributed by atoms with van der Waals surface area (Å²) in [6.07, 6.45) is 3.31. The van der Waals surface area contributed by atoms with E-state index in [0.717, 1.165) is 24.1 Å². The lowest BCUT2D eigenvalue weighted by Crippen LogP contribution is -2.42. The molecule has 1 saturated heterocycles. The number of nitrogens with zero attached hydrogens (tertiary/aromatic N) is 3. The largest absolute Gasteiger partial charge is 0.497 e. The van der Waals surface area contributed by atoms with Crippen LogP contribution in [0.4, 0.5) is 10.3 Å². The molecule has 1 aromatic heterocycles. The summed E-state index contributed by atoms with van der Waals surface area (Å²) in [6, 6.07) is 19.8. The van der Waals surface area contributed by atoms with Crippen molar-refractivity contribution in [1.82, 2.24) is 14.5 Å². The average Bonchev–Trinajstić information content (AvgIpc) is 3.63. The maximum absolute atomic E-state index is 13.5.